The quantitative estimate of drug-likeness (QED) is 0.193. The summed E-state index contributed by atoms with van der Waals surface area (Å²) in [5, 5.41) is 37.7. The van der Waals surface area contributed by atoms with Crippen LogP contribution in [0, 0.1) is 0 Å². The van der Waals surface area contributed by atoms with Gasteiger partial charge in [-0.05, 0) is 6.42 Å². The third kappa shape index (κ3) is 5.52. The van der Waals surface area contributed by atoms with Gasteiger partial charge in [-0.2, -0.15) is 74.6 Å². The van der Waals surface area contributed by atoms with Crippen LogP contribution in [0.1, 0.15) is 12.8 Å². The van der Waals surface area contributed by atoms with Gasteiger partial charge in [0.25, 0.3) is 0 Å². The highest BCUT2D eigenvalue weighted by atomic mass is 19.4. The molecule has 1 aliphatic rings. The fraction of sp³-hybridized carbons (Fsp3) is 1.00. The number of alkyl halides is 17. The van der Waals surface area contributed by atoms with Crippen molar-refractivity contribution in [1.82, 2.24) is 0 Å². The molecule has 1 saturated heterocycles. The second kappa shape index (κ2) is 11.0. The summed E-state index contributed by atoms with van der Waals surface area (Å²) in [4.78, 5) is 0. The topological polar surface area (TPSA) is 99.4 Å². The maximum Gasteiger partial charge on any atom is 0.460 e. The summed E-state index contributed by atoms with van der Waals surface area (Å²) >= 11 is 0. The Morgan fingerprint density at radius 3 is 1.38 bits per heavy atom. The molecule has 4 N–H and O–H groups in total. The predicted octanol–water partition coefficient (Wildman–Crippen LogP) is 3.59. The van der Waals surface area contributed by atoms with E-state index in [2.05, 4.69) is 9.47 Å². The van der Waals surface area contributed by atoms with Crippen LogP contribution in [0.5, 0.6) is 0 Å². The first-order chi connectivity index (χ1) is 17.5. The van der Waals surface area contributed by atoms with E-state index >= 15 is 0 Å². The lowest BCUT2D eigenvalue weighted by atomic mass is 9.88. The Kier molecular flexibility index (Phi) is 10.1. The second-order valence-electron chi connectivity index (χ2n) is 8.32. The number of halogens is 17. The molecule has 0 aromatic heterocycles. The number of aliphatic hydroxyl groups excluding tert-OH is 4. The first-order valence-corrected chi connectivity index (χ1v) is 10.1. The molecule has 1 fully saturated rings. The summed E-state index contributed by atoms with van der Waals surface area (Å²) in [6.45, 7) is -2.47. The Morgan fingerprint density at radius 1 is 0.575 bits per heavy atom. The van der Waals surface area contributed by atoms with Gasteiger partial charge in [0.15, 0.2) is 6.29 Å². The molecule has 0 amide bonds. The summed E-state index contributed by atoms with van der Waals surface area (Å²) in [5.74, 6) is -57.1. The fourth-order valence-electron chi connectivity index (χ4n) is 3.13. The molecule has 23 heteroatoms. The van der Waals surface area contributed by atoms with E-state index < -0.39 is 104 Å². The minimum atomic E-state index is -8.72. The maximum absolute atomic E-state index is 13.9. The molecule has 5 atom stereocenters. The van der Waals surface area contributed by atoms with Crippen LogP contribution in [0.2, 0.25) is 0 Å². The van der Waals surface area contributed by atoms with Gasteiger partial charge in [0.2, 0.25) is 0 Å². The molecular weight excluding hydrogens is 623 g/mol. The normalized spacial score (nSPS) is 26.8. The van der Waals surface area contributed by atoms with E-state index in [-0.39, 0.29) is 0 Å². The van der Waals surface area contributed by atoms with Gasteiger partial charge in [-0.25, -0.2) is 0 Å². The third-order valence-electron chi connectivity index (χ3n) is 5.57. The second-order valence-corrected chi connectivity index (χ2v) is 8.32. The molecule has 0 aromatic rings. The van der Waals surface area contributed by atoms with E-state index in [1.54, 1.807) is 0 Å². The highest BCUT2D eigenvalue weighted by Crippen LogP contribution is 2.64. The Labute approximate surface area is 210 Å². The van der Waals surface area contributed by atoms with E-state index in [9.17, 15) is 90.0 Å². The SMILES string of the molecule is OC[C@@H]1O[C@H](O)[C@@H](O)[C@H](OCCCC(F)(F)C(F)(F)C(F)(F)C(F)(F)C(F)(F)C(F)(F)C(F)(F)C(F)(F)F)[C@H]1O. The van der Waals surface area contributed by atoms with E-state index in [1.807, 2.05) is 0 Å². The van der Waals surface area contributed by atoms with E-state index in [1.165, 1.54) is 0 Å². The first-order valence-electron chi connectivity index (χ1n) is 10.1. The molecule has 1 aliphatic heterocycles. The number of ether oxygens (including phenoxy) is 2. The monoisotopic (exact) mass is 640 g/mol. The zero-order chi connectivity index (χ0) is 32.1. The van der Waals surface area contributed by atoms with Gasteiger partial charge in [-0.3, -0.25) is 0 Å². The van der Waals surface area contributed by atoms with Crippen molar-refractivity contribution in [3.8, 4) is 0 Å². The van der Waals surface area contributed by atoms with Crippen molar-refractivity contribution in [1.29, 1.82) is 0 Å². The van der Waals surface area contributed by atoms with Crippen molar-refractivity contribution in [2.75, 3.05) is 13.2 Å². The Balaban J connectivity index is 3.19. The molecule has 0 aliphatic carbocycles. The fourth-order valence-corrected chi connectivity index (χ4v) is 3.13. The largest absolute Gasteiger partial charge is 0.460 e. The van der Waals surface area contributed by atoms with Gasteiger partial charge in [0.1, 0.15) is 24.4 Å². The highest BCUT2D eigenvalue weighted by Gasteiger charge is 2.95. The summed E-state index contributed by atoms with van der Waals surface area (Å²) < 4.78 is 234. The average molecular weight is 640 g/mol. The molecule has 6 nitrogen and oxygen atoms in total. The summed E-state index contributed by atoms with van der Waals surface area (Å²) in [7, 11) is 0. The van der Waals surface area contributed by atoms with Crippen LogP contribution in [0.3, 0.4) is 0 Å². The Bertz CT molecular complexity index is 864. The van der Waals surface area contributed by atoms with E-state index in [0.29, 0.717) is 0 Å². The number of rotatable bonds is 12. The molecule has 240 valence electrons. The number of aliphatic hydroxyl groups is 4. The zero-order valence-electron chi connectivity index (χ0n) is 18.7. The molecule has 40 heavy (non-hydrogen) atoms. The minimum absolute atomic E-state index is 1.06. The minimum Gasteiger partial charge on any atom is -0.394 e. The molecule has 0 aromatic carbocycles. The van der Waals surface area contributed by atoms with Crippen molar-refractivity contribution in [3.63, 3.8) is 0 Å². The third-order valence-corrected chi connectivity index (χ3v) is 5.57. The molecule has 1 heterocycles. The Morgan fingerprint density at radius 2 is 0.975 bits per heavy atom. The lowest BCUT2D eigenvalue weighted by Crippen LogP contribution is -2.74. The standard InChI is InChI=1S/C17H17F17O6/c18-10(19,2-1-3-39-8-6(36)5(4-35)40-9(38)7(8)37)11(20,21)12(22,23)13(24,25)14(26,27)15(28,29)16(30,31)17(32,33)34/h5-9,35-38H,1-4H2/t5-,6-,7-,8+,9-/m0/s1. The summed E-state index contributed by atoms with van der Waals surface area (Å²) in [5.41, 5.74) is 0. The smallest absolute Gasteiger partial charge is 0.394 e. The van der Waals surface area contributed by atoms with Crippen molar-refractivity contribution < 1.29 is 105 Å². The molecule has 0 radical (unpaired) electrons. The van der Waals surface area contributed by atoms with Gasteiger partial charge in [-0.1, -0.05) is 0 Å². The molecule has 0 saturated carbocycles. The molecular formula is C17H17F17O6. The first kappa shape index (κ1) is 36.6. The van der Waals surface area contributed by atoms with Crippen molar-refractivity contribution >= 4 is 0 Å². The van der Waals surface area contributed by atoms with Gasteiger partial charge >= 0.3 is 47.6 Å². The predicted molar refractivity (Wildman–Crippen MR) is 89.6 cm³/mol. The molecule has 0 unspecified atom stereocenters. The number of hydrogen-bond acceptors (Lipinski definition) is 6. The van der Waals surface area contributed by atoms with Crippen LogP contribution in [-0.2, 0) is 9.47 Å². The lowest BCUT2D eigenvalue weighted by Gasteiger charge is -2.43. The zero-order valence-corrected chi connectivity index (χ0v) is 18.7. The van der Waals surface area contributed by atoms with Crippen LogP contribution in [0.4, 0.5) is 74.6 Å². The van der Waals surface area contributed by atoms with Crippen LogP contribution in [0.25, 0.3) is 0 Å². The van der Waals surface area contributed by atoms with E-state index in [4.69, 9.17) is 5.11 Å². The lowest BCUT2D eigenvalue weighted by molar-refractivity contribution is -0.461. The van der Waals surface area contributed by atoms with Crippen LogP contribution in [0.15, 0.2) is 0 Å². The maximum atomic E-state index is 13.9. The molecule has 0 bridgehead atoms. The van der Waals surface area contributed by atoms with Gasteiger partial charge < -0.3 is 29.9 Å². The van der Waals surface area contributed by atoms with Crippen LogP contribution >= 0.6 is 0 Å². The highest BCUT2D eigenvalue weighted by molar-refractivity contribution is 5.15. The van der Waals surface area contributed by atoms with Crippen molar-refractivity contribution in [2.24, 2.45) is 0 Å². The summed E-state index contributed by atoms with van der Waals surface area (Å²) in [6, 6.07) is 0. The molecule has 1 rings (SSSR count). The van der Waals surface area contributed by atoms with Crippen LogP contribution in [-0.4, -0.2) is 112 Å². The molecule has 0 spiro atoms. The number of hydrogen-bond donors (Lipinski definition) is 4. The van der Waals surface area contributed by atoms with E-state index in [0.717, 1.165) is 0 Å². The average Bonchev–Trinajstić information content (AvgIpc) is 2.79. The van der Waals surface area contributed by atoms with Gasteiger partial charge in [0.05, 0.1) is 6.61 Å². The van der Waals surface area contributed by atoms with Crippen molar-refractivity contribution in [2.45, 2.75) is 91.2 Å². The van der Waals surface area contributed by atoms with Gasteiger partial charge in [0, 0.05) is 13.0 Å². The van der Waals surface area contributed by atoms with Crippen molar-refractivity contribution in [3.05, 3.63) is 0 Å². The van der Waals surface area contributed by atoms with Crippen LogP contribution < -0.4 is 0 Å². The Hall–Kier alpha value is -1.43. The van der Waals surface area contributed by atoms with Gasteiger partial charge in [-0.15, -0.1) is 0 Å². The summed E-state index contributed by atoms with van der Waals surface area (Å²) in [6.07, 6.45) is -22.5.